The molecule has 1 heterocycles. The number of thiol groups is 1. The van der Waals surface area contributed by atoms with Crippen LogP contribution >= 0.6 is 12.6 Å². The van der Waals surface area contributed by atoms with Crippen LogP contribution in [-0.2, 0) is 19.2 Å². The van der Waals surface area contributed by atoms with Crippen LogP contribution in [0.3, 0.4) is 0 Å². The molecular weight excluding hydrogens is 256 g/mol. The van der Waals surface area contributed by atoms with Gasteiger partial charge in [0.25, 0.3) is 5.91 Å². The third-order valence-electron chi connectivity index (χ3n) is 2.59. The molecule has 1 aliphatic heterocycles. The number of carbonyl (C=O) groups excluding carboxylic acids is 4. The Hall–Kier alpha value is -1.63. The summed E-state index contributed by atoms with van der Waals surface area (Å²) >= 11 is 3.97. The summed E-state index contributed by atoms with van der Waals surface area (Å²) in [6.45, 7) is 4.48. The highest BCUT2D eigenvalue weighted by molar-refractivity contribution is 7.81. The van der Waals surface area contributed by atoms with Crippen LogP contribution in [0.4, 0.5) is 0 Å². The smallest absolute Gasteiger partial charge is 0.252 e. The lowest BCUT2D eigenvalue weighted by Gasteiger charge is -2.21. The van der Waals surface area contributed by atoms with Crippen LogP contribution in [0, 0.1) is 0 Å². The number of carbonyl (C=O) groups is 4. The van der Waals surface area contributed by atoms with Crippen molar-refractivity contribution in [2.24, 2.45) is 0 Å². The third kappa shape index (κ3) is 2.98. The molecule has 0 aliphatic carbocycles. The van der Waals surface area contributed by atoms with Crippen molar-refractivity contribution in [2.75, 3.05) is 13.1 Å². The molecule has 1 rings (SSSR count). The number of amides is 4. The molecule has 98 valence electrons. The Morgan fingerprint density at radius 3 is 2.56 bits per heavy atom. The first-order valence-electron chi connectivity index (χ1n) is 5.35. The van der Waals surface area contributed by atoms with E-state index in [1.807, 2.05) is 0 Å². The van der Waals surface area contributed by atoms with Crippen molar-refractivity contribution >= 4 is 36.3 Å². The van der Waals surface area contributed by atoms with Crippen molar-refractivity contribution in [3.05, 3.63) is 12.7 Å². The Balaban J connectivity index is 2.66. The normalized spacial score (nSPS) is 19.0. The molecule has 0 N–H and O–H groups in total. The van der Waals surface area contributed by atoms with E-state index >= 15 is 0 Å². The number of nitrogens with zero attached hydrogens (tertiary/aromatic N) is 2. The predicted octanol–water partition coefficient (Wildman–Crippen LogP) is -0.395. The van der Waals surface area contributed by atoms with E-state index in [1.165, 1.54) is 6.92 Å². The minimum atomic E-state index is -0.626. The largest absolute Gasteiger partial charge is 0.280 e. The number of likely N-dealkylation sites (tertiary alicyclic amines) is 1. The van der Waals surface area contributed by atoms with Crippen molar-refractivity contribution in [3.63, 3.8) is 0 Å². The van der Waals surface area contributed by atoms with E-state index in [0.29, 0.717) is 0 Å². The van der Waals surface area contributed by atoms with Crippen LogP contribution in [-0.4, -0.2) is 51.8 Å². The van der Waals surface area contributed by atoms with Crippen LogP contribution < -0.4 is 0 Å². The zero-order valence-electron chi connectivity index (χ0n) is 9.96. The molecule has 6 nitrogen and oxygen atoms in total. The van der Waals surface area contributed by atoms with Gasteiger partial charge < -0.3 is 0 Å². The summed E-state index contributed by atoms with van der Waals surface area (Å²) in [6, 6.07) is 0. The maximum atomic E-state index is 11.6. The molecule has 0 aromatic carbocycles. The van der Waals surface area contributed by atoms with Crippen molar-refractivity contribution in [3.8, 4) is 0 Å². The van der Waals surface area contributed by atoms with Crippen molar-refractivity contribution < 1.29 is 19.2 Å². The molecule has 0 saturated carbocycles. The fraction of sp³-hybridized carbons (Fsp3) is 0.455. The first kappa shape index (κ1) is 14.4. The monoisotopic (exact) mass is 270 g/mol. The molecule has 1 aliphatic rings. The summed E-state index contributed by atoms with van der Waals surface area (Å²) in [5, 5.41) is -0.626. The van der Waals surface area contributed by atoms with E-state index in [9.17, 15) is 19.2 Å². The highest BCUT2D eigenvalue weighted by Crippen LogP contribution is 2.17. The van der Waals surface area contributed by atoms with Crippen LogP contribution in [0.25, 0.3) is 0 Å². The summed E-state index contributed by atoms with van der Waals surface area (Å²) in [6.07, 6.45) is 1.06. The summed E-state index contributed by atoms with van der Waals surface area (Å²) < 4.78 is 0. The first-order valence-corrected chi connectivity index (χ1v) is 5.87. The molecule has 1 unspecified atom stereocenters. The molecule has 0 radical (unpaired) electrons. The number of imide groups is 2. The summed E-state index contributed by atoms with van der Waals surface area (Å²) in [4.78, 5) is 47.6. The van der Waals surface area contributed by atoms with Crippen LogP contribution in [0.1, 0.15) is 13.3 Å². The fourth-order valence-electron chi connectivity index (χ4n) is 1.63. The van der Waals surface area contributed by atoms with E-state index in [2.05, 4.69) is 19.2 Å². The molecule has 0 aromatic rings. The molecule has 4 amide bonds. The Labute approximate surface area is 110 Å². The second kappa shape index (κ2) is 5.81. The molecule has 0 spiro atoms. The third-order valence-corrected chi connectivity index (χ3v) is 2.99. The molecule has 0 bridgehead atoms. The second-order valence-corrected chi connectivity index (χ2v) is 4.44. The van der Waals surface area contributed by atoms with Crippen LogP contribution in [0.15, 0.2) is 12.7 Å². The van der Waals surface area contributed by atoms with Gasteiger partial charge >= 0.3 is 0 Å². The minimum Gasteiger partial charge on any atom is -0.280 e. The predicted molar refractivity (Wildman–Crippen MR) is 66.7 cm³/mol. The van der Waals surface area contributed by atoms with Gasteiger partial charge in [0.2, 0.25) is 17.7 Å². The summed E-state index contributed by atoms with van der Waals surface area (Å²) in [7, 11) is 0. The molecule has 7 heteroatoms. The Bertz CT molecular complexity index is 421. The maximum absolute atomic E-state index is 11.6. The van der Waals surface area contributed by atoms with Gasteiger partial charge in [-0.1, -0.05) is 6.58 Å². The van der Waals surface area contributed by atoms with Gasteiger partial charge in [-0.3, -0.25) is 29.0 Å². The Morgan fingerprint density at radius 1 is 1.56 bits per heavy atom. The lowest BCUT2D eigenvalue weighted by molar-refractivity contribution is -0.144. The first-order chi connectivity index (χ1) is 8.38. The molecule has 0 aromatic heterocycles. The molecule has 1 atom stereocenters. The van der Waals surface area contributed by atoms with Gasteiger partial charge in [0.05, 0.1) is 5.25 Å². The molecule has 1 saturated heterocycles. The minimum absolute atomic E-state index is 0.00606. The van der Waals surface area contributed by atoms with Gasteiger partial charge in [-0.2, -0.15) is 12.6 Å². The molecular formula is C11H14N2O4S. The summed E-state index contributed by atoms with van der Waals surface area (Å²) in [5.41, 5.74) is 0. The van der Waals surface area contributed by atoms with E-state index in [4.69, 9.17) is 0 Å². The summed E-state index contributed by atoms with van der Waals surface area (Å²) in [5.74, 6) is -1.74. The van der Waals surface area contributed by atoms with E-state index in [-0.39, 0.29) is 25.4 Å². The fourth-order valence-corrected chi connectivity index (χ4v) is 1.93. The zero-order valence-corrected chi connectivity index (χ0v) is 10.9. The average Bonchev–Trinajstić information content (AvgIpc) is 2.54. The van der Waals surface area contributed by atoms with E-state index in [1.54, 1.807) is 0 Å². The Morgan fingerprint density at radius 2 is 2.17 bits per heavy atom. The SMILES string of the molecule is C=CC(=O)N(CCN1C(=O)CC(S)C1=O)C(C)=O. The van der Waals surface area contributed by atoms with E-state index < -0.39 is 23.0 Å². The van der Waals surface area contributed by atoms with Crippen LogP contribution in [0.2, 0.25) is 0 Å². The van der Waals surface area contributed by atoms with Crippen LogP contribution in [0.5, 0.6) is 0 Å². The quantitative estimate of drug-likeness (QED) is 0.429. The number of hydrogen-bond donors (Lipinski definition) is 1. The zero-order chi connectivity index (χ0) is 13.9. The lowest BCUT2D eigenvalue weighted by atomic mass is 10.4. The highest BCUT2D eigenvalue weighted by atomic mass is 32.1. The van der Waals surface area contributed by atoms with Gasteiger partial charge in [0.1, 0.15) is 0 Å². The number of rotatable bonds is 4. The number of hydrogen-bond acceptors (Lipinski definition) is 5. The maximum Gasteiger partial charge on any atom is 0.252 e. The lowest BCUT2D eigenvalue weighted by Crippen LogP contribution is -2.42. The van der Waals surface area contributed by atoms with Gasteiger partial charge in [0.15, 0.2) is 0 Å². The molecule has 1 fully saturated rings. The Kier molecular flexibility index (Phi) is 4.66. The van der Waals surface area contributed by atoms with Gasteiger partial charge in [-0.15, -0.1) is 0 Å². The van der Waals surface area contributed by atoms with E-state index in [0.717, 1.165) is 15.9 Å². The topological polar surface area (TPSA) is 74.8 Å². The average molecular weight is 270 g/mol. The van der Waals surface area contributed by atoms with Crippen molar-refractivity contribution in [1.29, 1.82) is 0 Å². The molecule has 18 heavy (non-hydrogen) atoms. The van der Waals surface area contributed by atoms with Gasteiger partial charge in [0, 0.05) is 26.4 Å². The highest BCUT2D eigenvalue weighted by Gasteiger charge is 2.36. The van der Waals surface area contributed by atoms with Gasteiger partial charge in [-0.05, 0) is 6.08 Å². The van der Waals surface area contributed by atoms with Crippen molar-refractivity contribution in [1.82, 2.24) is 9.80 Å². The second-order valence-electron chi connectivity index (χ2n) is 3.82. The van der Waals surface area contributed by atoms with Gasteiger partial charge in [-0.25, -0.2) is 0 Å². The van der Waals surface area contributed by atoms with Crippen molar-refractivity contribution in [2.45, 2.75) is 18.6 Å². The standard InChI is InChI=1S/C11H14N2O4S/c1-3-9(15)12(7(2)14)4-5-13-10(16)6-8(18)11(13)17/h3,8,18H,1,4-6H2,2H3.